The van der Waals surface area contributed by atoms with Crippen LogP contribution in [0.25, 0.3) is 0 Å². The fraction of sp³-hybridized carbons (Fsp3) is 0.647. The van der Waals surface area contributed by atoms with Gasteiger partial charge in [-0.3, -0.25) is 0 Å². The maximum Gasteiger partial charge on any atom is 0.0451 e. The van der Waals surface area contributed by atoms with Crippen LogP contribution in [0, 0.1) is 0 Å². The van der Waals surface area contributed by atoms with Gasteiger partial charge in [-0.2, -0.15) is 12.6 Å². The monoisotopic (exact) mass is 313 g/mol. The maximum absolute atomic E-state index is 6.18. The van der Waals surface area contributed by atoms with Crippen molar-refractivity contribution in [2.45, 2.75) is 51.5 Å². The second kappa shape index (κ2) is 11.5. The Balaban J connectivity index is 2.03. The zero-order chi connectivity index (χ0) is 14.6. The van der Waals surface area contributed by atoms with Gasteiger partial charge in [-0.25, -0.2) is 0 Å². The molecule has 20 heavy (non-hydrogen) atoms. The summed E-state index contributed by atoms with van der Waals surface area (Å²) in [6, 6.07) is 8.12. The van der Waals surface area contributed by atoms with Gasteiger partial charge in [0.05, 0.1) is 0 Å². The van der Waals surface area contributed by atoms with Gasteiger partial charge in [-0.05, 0) is 43.8 Å². The van der Waals surface area contributed by atoms with Crippen LogP contribution >= 0.6 is 24.2 Å². The Labute approximate surface area is 135 Å². The summed E-state index contributed by atoms with van der Waals surface area (Å²) in [4.78, 5) is 2.36. The maximum atomic E-state index is 6.18. The van der Waals surface area contributed by atoms with Crippen LogP contribution in [0.15, 0.2) is 24.3 Å². The van der Waals surface area contributed by atoms with E-state index < -0.39 is 0 Å². The van der Waals surface area contributed by atoms with Gasteiger partial charge in [0.15, 0.2) is 0 Å². The number of thiol groups is 1. The smallest absolute Gasteiger partial charge is 0.0451 e. The highest BCUT2D eigenvalue weighted by Crippen LogP contribution is 2.16. The molecule has 0 fully saturated rings. The second-order valence-corrected chi connectivity index (χ2v) is 6.38. The average molecular weight is 314 g/mol. The van der Waals surface area contributed by atoms with E-state index in [-0.39, 0.29) is 0 Å². The standard InChI is InChI=1S/C17H28ClNS/c1-19(15-16-11-7-8-12-17(16)18)13-9-5-3-2-4-6-10-14-20/h7-8,11-12,20H,2-6,9-10,13-15H2,1H3. The number of benzene rings is 1. The van der Waals surface area contributed by atoms with E-state index in [1.807, 2.05) is 12.1 Å². The Bertz CT molecular complexity index is 357. The van der Waals surface area contributed by atoms with Gasteiger partial charge in [0, 0.05) is 11.6 Å². The van der Waals surface area contributed by atoms with Crippen molar-refractivity contribution in [1.29, 1.82) is 0 Å². The lowest BCUT2D eigenvalue weighted by atomic mass is 10.1. The average Bonchev–Trinajstić information content (AvgIpc) is 2.44. The molecule has 1 nitrogen and oxygen atoms in total. The zero-order valence-electron chi connectivity index (χ0n) is 12.7. The predicted molar refractivity (Wildman–Crippen MR) is 94.0 cm³/mol. The molecule has 3 heteroatoms. The minimum Gasteiger partial charge on any atom is -0.302 e. The molecular formula is C17H28ClNS. The number of hydrogen-bond acceptors (Lipinski definition) is 2. The molecule has 0 radical (unpaired) electrons. The van der Waals surface area contributed by atoms with E-state index in [1.165, 1.54) is 50.5 Å². The molecule has 0 saturated heterocycles. The summed E-state index contributed by atoms with van der Waals surface area (Å²) < 4.78 is 0. The van der Waals surface area contributed by atoms with Crippen molar-refractivity contribution in [2.24, 2.45) is 0 Å². The summed E-state index contributed by atoms with van der Waals surface area (Å²) in [5.41, 5.74) is 1.23. The number of nitrogens with zero attached hydrogens (tertiary/aromatic N) is 1. The molecule has 0 unspecified atom stereocenters. The highest BCUT2D eigenvalue weighted by molar-refractivity contribution is 7.80. The van der Waals surface area contributed by atoms with Crippen LogP contribution in [0.2, 0.25) is 5.02 Å². The van der Waals surface area contributed by atoms with Crippen LogP contribution in [-0.4, -0.2) is 24.2 Å². The molecule has 0 atom stereocenters. The van der Waals surface area contributed by atoms with E-state index in [2.05, 4.69) is 36.7 Å². The molecule has 0 amide bonds. The van der Waals surface area contributed by atoms with E-state index in [1.54, 1.807) is 0 Å². The van der Waals surface area contributed by atoms with Gasteiger partial charge < -0.3 is 4.90 Å². The molecule has 0 spiro atoms. The van der Waals surface area contributed by atoms with Crippen LogP contribution in [0.5, 0.6) is 0 Å². The highest BCUT2D eigenvalue weighted by atomic mass is 35.5. The Morgan fingerprint density at radius 1 is 0.950 bits per heavy atom. The number of rotatable bonds is 11. The first-order chi connectivity index (χ1) is 9.74. The van der Waals surface area contributed by atoms with Gasteiger partial charge in [0.2, 0.25) is 0 Å². The molecule has 0 saturated carbocycles. The van der Waals surface area contributed by atoms with Crippen molar-refractivity contribution in [1.82, 2.24) is 4.90 Å². The lowest BCUT2D eigenvalue weighted by Crippen LogP contribution is -2.19. The lowest BCUT2D eigenvalue weighted by molar-refractivity contribution is 0.316. The molecule has 1 aromatic carbocycles. The minimum atomic E-state index is 0.878. The third kappa shape index (κ3) is 8.18. The van der Waals surface area contributed by atoms with Gasteiger partial charge in [0.25, 0.3) is 0 Å². The Morgan fingerprint density at radius 3 is 2.20 bits per heavy atom. The number of unbranched alkanes of at least 4 members (excludes halogenated alkanes) is 6. The molecule has 0 aliphatic heterocycles. The molecular weight excluding hydrogens is 286 g/mol. The molecule has 0 bridgehead atoms. The van der Waals surface area contributed by atoms with Gasteiger partial charge in [0.1, 0.15) is 0 Å². The predicted octanol–water partition coefficient (Wildman–Crippen LogP) is 5.43. The van der Waals surface area contributed by atoms with Crippen LogP contribution in [0.4, 0.5) is 0 Å². The summed E-state index contributed by atoms with van der Waals surface area (Å²) in [6.07, 6.45) is 9.35. The van der Waals surface area contributed by atoms with Crippen LogP contribution in [0.3, 0.4) is 0 Å². The molecule has 0 heterocycles. The van der Waals surface area contributed by atoms with Crippen molar-refractivity contribution < 1.29 is 0 Å². The highest BCUT2D eigenvalue weighted by Gasteiger charge is 2.03. The molecule has 1 aromatic rings. The Kier molecular flexibility index (Phi) is 10.3. The fourth-order valence-corrected chi connectivity index (χ4v) is 2.79. The summed E-state index contributed by atoms with van der Waals surface area (Å²) in [5.74, 6) is 1.03. The molecule has 0 aliphatic carbocycles. The van der Waals surface area contributed by atoms with Crippen molar-refractivity contribution in [3.8, 4) is 0 Å². The number of hydrogen-bond donors (Lipinski definition) is 1. The first kappa shape index (κ1) is 17.9. The fourth-order valence-electron chi connectivity index (χ4n) is 2.37. The van der Waals surface area contributed by atoms with Gasteiger partial charge in [-0.15, -0.1) is 0 Å². The van der Waals surface area contributed by atoms with Crippen LogP contribution in [-0.2, 0) is 6.54 Å². The quantitative estimate of drug-likeness (QED) is 0.421. The first-order valence-electron chi connectivity index (χ1n) is 7.77. The lowest BCUT2D eigenvalue weighted by Gasteiger charge is -2.17. The van der Waals surface area contributed by atoms with E-state index in [9.17, 15) is 0 Å². The third-order valence-corrected chi connectivity index (χ3v) is 4.28. The van der Waals surface area contributed by atoms with Crippen molar-refractivity contribution in [2.75, 3.05) is 19.3 Å². The van der Waals surface area contributed by atoms with E-state index >= 15 is 0 Å². The van der Waals surface area contributed by atoms with E-state index in [0.717, 1.165) is 23.9 Å². The number of halogens is 1. The summed E-state index contributed by atoms with van der Waals surface area (Å²) in [6.45, 7) is 2.10. The zero-order valence-corrected chi connectivity index (χ0v) is 14.3. The SMILES string of the molecule is CN(CCCCCCCCCS)Cc1ccccc1Cl. The topological polar surface area (TPSA) is 3.24 Å². The Morgan fingerprint density at radius 2 is 1.55 bits per heavy atom. The molecule has 0 aromatic heterocycles. The van der Waals surface area contributed by atoms with Crippen molar-refractivity contribution in [3.63, 3.8) is 0 Å². The van der Waals surface area contributed by atoms with Crippen molar-refractivity contribution in [3.05, 3.63) is 34.9 Å². The first-order valence-corrected chi connectivity index (χ1v) is 8.78. The summed E-state index contributed by atoms with van der Waals surface area (Å²) in [7, 11) is 2.18. The molecule has 114 valence electrons. The summed E-state index contributed by atoms with van der Waals surface area (Å²) in [5, 5.41) is 0.878. The molecule has 1 rings (SSSR count). The van der Waals surface area contributed by atoms with Crippen molar-refractivity contribution >= 4 is 24.2 Å². The van der Waals surface area contributed by atoms with Crippen LogP contribution < -0.4 is 0 Å². The Hall–Kier alpha value is -0.180. The van der Waals surface area contributed by atoms with E-state index in [4.69, 9.17) is 11.6 Å². The largest absolute Gasteiger partial charge is 0.302 e. The second-order valence-electron chi connectivity index (χ2n) is 5.53. The summed E-state index contributed by atoms with van der Waals surface area (Å²) >= 11 is 10.4. The molecule has 0 N–H and O–H groups in total. The van der Waals surface area contributed by atoms with Gasteiger partial charge >= 0.3 is 0 Å². The van der Waals surface area contributed by atoms with E-state index in [0.29, 0.717) is 0 Å². The minimum absolute atomic E-state index is 0.878. The van der Waals surface area contributed by atoms with Crippen LogP contribution in [0.1, 0.15) is 50.5 Å². The van der Waals surface area contributed by atoms with Gasteiger partial charge in [-0.1, -0.05) is 61.9 Å². The molecule has 0 aliphatic rings. The normalized spacial score (nSPS) is 11.2. The third-order valence-electron chi connectivity index (χ3n) is 3.60.